The minimum Gasteiger partial charge on any atom is -0.327 e. The lowest BCUT2D eigenvalue weighted by Crippen LogP contribution is -2.34. The number of rotatable bonds is 5. The van der Waals surface area contributed by atoms with E-state index in [-0.39, 0.29) is 6.04 Å². The first-order valence-electron chi connectivity index (χ1n) is 5.02. The fraction of sp³-hybridized carbons (Fsp3) is 0.545. The maximum absolute atomic E-state index is 5.70. The minimum atomic E-state index is 0.240. The van der Waals surface area contributed by atoms with Crippen LogP contribution in [0.2, 0.25) is 0 Å². The molecular weight excluding hydrogens is 174 g/mol. The predicted molar refractivity (Wildman–Crippen MR) is 59.1 cm³/mol. The molecule has 14 heavy (non-hydrogen) atoms. The second-order valence-corrected chi connectivity index (χ2v) is 3.81. The number of nitrogens with two attached hydrogens (primary N) is 1. The normalized spacial score (nSPS) is 13.1. The SMILES string of the molecule is CC(N)CN(C)CCc1ccccn1. The molecule has 1 aromatic heterocycles. The van der Waals surface area contributed by atoms with Crippen molar-refractivity contribution in [3.8, 4) is 0 Å². The summed E-state index contributed by atoms with van der Waals surface area (Å²) in [6, 6.07) is 6.26. The Bertz CT molecular complexity index is 246. The molecule has 1 rings (SSSR count). The van der Waals surface area contributed by atoms with Crippen molar-refractivity contribution in [2.75, 3.05) is 20.1 Å². The van der Waals surface area contributed by atoms with E-state index in [2.05, 4.69) is 23.0 Å². The standard InChI is InChI=1S/C11H19N3/c1-10(12)9-14(2)8-6-11-5-3-4-7-13-11/h3-5,7,10H,6,8-9,12H2,1-2H3. The van der Waals surface area contributed by atoms with Crippen LogP contribution in [0.1, 0.15) is 12.6 Å². The van der Waals surface area contributed by atoms with Gasteiger partial charge in [0.25, 0.3) is 0 Å². The average molecular weight is 193 g/mol. The van der Waals surface area contributed by atoms with E-state index < -0.39 is 0 Å². The van der Waals surface area contributed by atoms with Gasteiger partial charge in [0, 0.05) is 37.4 Å². The molecule has 3 heteroatoms. The van der Waals surface area contributed by atoms with E-state index in [4.69, 9.17) is 5.73 Å². The van der Waals surface area contributed by atoms with Gasteiger partial charge in [0.1, 0.15) is 0 Å². The number of aromatic nitrogens is 1. The zero-order valence-electron chi connectivity index (χ0n) is 8.98. The van der Waals surface area contributed by atoms with Gasteiger partial charge in [-0.3, -0.25) is 4.98 Å². The highest BCUT2D eigenvalue weighted by Gasteiger charge is 2.02. The van der Waals surface area contributed by atoms with Crippen LogP contribution >= 0.6 is 0 Å². The van der Waals surface area contributed by atoms with Crippen molar-refractivity contribution in [1.82, 2.24) is 9.88 Å². The number of likely N-dealkylation sites (N-methyl/N-ethyl adjacent to an activating group) is 1. The quantitative estimate of drug-likeness (QED) is 0.755. The van der Waals surface area contributed by atoms with Crippen molar-refractivity contribution in [3.63, 3.8) is 0 Å². The molecule has 0 radical (unpaired) electrons. The minimum absolute atomic E-state index is 0.240. The van der Waals surface area contributed by atoms with Crippen LogP contribution in [0.4, 0.5) is 0 Å². The van der Waals surface area contributed by atoms with Crippen LogP contribution in [0.15, 0.2) is 24.4 Å². The maximum Gasteiger partial charge on any atom is 0.0416 e. The van der Waals surface area contributed by atoms with E-state index in [1.165, 1.54) is 0 Å². The highest BCUT2D eigenvalue weighted by atomic mass is 15.1. The van der Waals surface area contributed by atoms with Crippen LogP contribution in [0.5, 0.6) is 0 Å². The fourth-order valence-corrected chi connectivity index (χ4v) is 1.43. The molecule has 2 N–H and O–H groups in total. The summed E-state index contributed by atoms with van der Waals surface area (Å²) in [5, 5.41) is 0. The zero-order valence-corrected chi connectivity index (χ0v) is 8.98. The maximum atomic E-state index is 5.70. The van der Waals surface area contributed by atoms with Gasteiger partial charge in [0.05, 0.1) is 0 Å². The molecule has 0 saturated heterocycles. The molecule has 0 fully saturated rings. The van der Waals surface area contributed by atoms with Gasteiger partial charge in [-0.1, -0.05) is 6.07 Å². The lowest BCUT2D eigenvalue weighted by molar-refractivity contribution is 0.320. The van der Waals surface area contributed by atoms with Crippen LogP contribution in [0, 0.1) is 0 Å². The Morgan fingerprint density at radius 1 is 1.50 bits per heavy atom. The van der Waals surface area contributed by atoms with Crippen LogP contribution in [-0.2, 0) is 6.42 Å². The first-order valence-corrected chi connectivity index (χ1v) is 5.02. The zero-order chi connectivity index (χ0) is 10.4. The first kappa shape index (κ1) is 11.1. The van der Waals surface area contributed by atoms with Crippen molar-refractivity contribution >= 4 is 0 Å². The van der Waals surface area contributed by atoms with Gasteiger partial charge in [-0.15, -0.1) is 0 Å². The van der Waals surface area contributed by atoms with Crippen molar-refractivity contribution in [2.45, 2.75) is 19.4 Å². The van der Waals surface area contributed by atoms with Gasteiger partial charge in [0.2, 0.25) is 0 Å². The van der Waals surface area contributed by atoms with Crippen molar-refractivity contribution in [3.05, 3.63) is 30.1 Å². The van der Waals surface area contributed by atoms with Crippen LogP contribution in [-0.4, -0.2) is 36.1 Å². The van der Waals surface area contributed by atoms with E-state index in [0.29, 0.717) is 0 Å². The first-order chi connectivity index (χ1) is 6.68. The molecule has 0 amide bonds. The summed E-state index contributed by atoms with van der Waals surface area (Å²) in [4.78, 5) is 6.51. The Labute approximate surface area is 85.9 Å². The topological polar surface area (TPSA) is 42.1 Å². The number of hydrogen-bond donors (Lipinski definition) is 1. The average Bonchev–Trinajstić information content (AvgIpc) is 2.15. The van der Waals surface area contributed by atoms with E-state index in [0.717, 1.165) is 25.2 Å². The molecule has 3 nitrogen and oxygen atoms in total. The summed E-state index contributed by atoms with van der Waals surface area (Å²) in [6.07, 6.45) is 2.82. The Kier molecular flexibility index (Phi) is 4.56. The van der Waals surface area contributed by atoms with Gasteiger partial charge >= 0.3 is 0 Å². The molecule has 78 valence electrons. The van der Waals surface area contributed by atoms with E-state index in [9.17, 15) is 0 Å². The Hall–Kier alpha value is -0.930. The molecule has 1 heterocycles. The molecular formula is C11H19N3. The summed E-state index contributed by atoms with van der Waals surface area (Å²) < 4.78 is 0. The molecule has 0 aromatic carbocycles. The molecule has 0 aliphatic heterocycles. The molecule has 1 atom stereocenters. The van der Waals surface area contributed by atoms with Crippen LogP contribution in [0.25, 0.3) is 0 Å². The largest absolute Gasteiger partial charge is 0.327 e. The summed E-state index contributed by atoms with van der Waals surface area (Å²) in [7, 11) is 2.09. The summed E-state index contributed by atoms with van der Waals surface area (Å²) in [5.41, 5.74) is 6.85. The smallest absolute Gasteiger partial charge is 0.0416 e. The van der Waals surface area contributed by atoms with Gasteiger partial charge in [0.15, 0.2) is 0 Å². The van der Waals surface area contributed by atoms with E-state index in [1.54, 1.807) is 0 Å². The lowest BCUT2D eigenvalue weighted by Gasteiger charge is -2.18. The van der Waals surface area contributed by atoms with Gasteiger partial charge in [-0.25, -0.2) is 0 Å². The molecule has 0 aliphatic rings. The monoisotopic (exact) mass is 193 g/mol. The molecule has 1 aromatic rings. The third kappa shape index (κ3) is 4.35. The molecule has 1 unspecified atom stereocenters. The Balaban J connectivity index is 2.27. The summed E-state index contributed by atoms with van der Waals surface area (Å²) >= 11 is 0. The highest BCUT2D eigenvalue weighted by molar-refractivity contribution is 5.03. The Morgan fingerprint density at radius 3 is 2.86 bits per heavy atom. The van der Waals surface area contributed by atoms with E-state index >= 15 is 0 Å². The third-order valence-electron chi connectivity index (χ3n) is 2.08. The third-order valence-corrected chi connectivity index (χ3v) is 2.08. The second-order valence-electron chi connectivity index (χ2n) is 3.81. The van der Waals surface area contributed by atoms with E-state index in [1.807, 2.05) is 25.3 Å². The summed E-state index contributed by atoms with van der Waals surface area (Å²) in [5.74, 6) is 0. The fourth-order valence-electron chi connectivity index (χ4n) is 1.43. The van der Waals surface area contributed by atoms with Crippen molar-refractivity contribution in [1.29, 1.82) is 0 Å². The van der Waals surface area contributed by atoms with Crippen molar-refractivity contribution in [2.24, 2.45) is 5.73 Å². The lowest BCUT2D eigenvalue weighted by atomic mass is 10.2. The number of hydrogen-bond acceptors (Lipinski definition) is 3. The van der Waals surface area contributed by atoms with Crippen molar-refractivity contribution < 1.29 is 0 Å². The van der Waals surface area contributed by atoms with Crippen LogP contribution < -0.4 is 5.73 Å². The molecule has 0 spiro atoms. The second kappa shape index (κ2) is 5.73. The van der Waals surface area contributed by atoms with Gasteiger partial charge in [-0.05, 0) is 26.1 Å². The van der Waals surface area contributed by atoms with Gasteiger partial charge in [-0.2, -0.15) is 0 Å². The molecule has 0 saturated carbocycles. The number of nitrogens with zero attached hydrogens (tertiary/aromatic N) is 2. The predicted octanol–water partition coefficient (Wildman–Crippen LogP) is 0.903. The Morgan fingerprint density at radius 2 is 2.29 bits per heavy atom. The number of pyridine rings is 1. The summed E-state index contributed by atoms with van der Waals surface area (Å²) in [6.45, 7) is 3.97. The van der Waals surface area contributed by atoms with Gasteiger partial charge < -0.3 is 10.6 Å². The molecule has 0 aliphatic carbocycles. The van der Waals surface area contributed by atoms with Crippen LogP contribution in [0.3, 0.4) is 0 Å². The highest BCUT2D eigenvalue weighted by Crippen LogP contribution is 1.96. The molecule has 0 bridgehead atoms.